The molecule has 2 heterocycles. The van der Waals surface area contributed by atoms with E-state index in [0.717, 1.165) is 45.2 Å². The highest BCUT2D eigenvalue weighted by atomic mass is 16.5. The van der Waals surface area contributed by atoms with Gasteiger partial charge in [0, 0.05) is 18.2 Å². The van der Waals surface area contributed by atoms with Crippen molar-refractivity contribution in [2.75, 3.05) is 14.2 Å². The van der Waals surface area contributed by atoms with E-state index in [2.05, 4.69) is 5.10 Å². The predicted octanol–water partition coefficient (Wildman–Crippen LogP) is 4.63. The molecule has 0 N–H and O–H groups in total. The van der Waals surface area contributed by atoms with E-state index in [1.807, 2.05) is 61.7 Å². The summed E-state index contributed by atoms with van der Waals surface area (Å²) in [6, 6.07) is 15.8. The molecule has 2 aromatic heterocycles. The molecule has 1 unspecified atom stereocenters. The number of rotatable bonds is 4. The third-order valence-electron chi connectivity index (χ3n) is 5.98. The molecule has 31 heavy (non-hydrogen) atoms. The summed E-state index contributed by atoms with van der Waals surface area (Å²) in [6.07, 6.45) is 3.02. The minimum Gasteiger partial charge on any atom is -0.497 e. The Kier molecular flexibility index (Phi) is 4.70. The van der Waals surface area contributed by atoms with Crippen LogP contribution in [0.2, 0.25) is 0 Å². The van der Waals surface area contributed by atoms with Gasteiger partial charge in [-0.3, -0.25) is 4.79 Å². The lowest BCUT2D eigenvalue weighted by Crippen LogP contribution is -2.21. The van der Waals surface area contributed by atoms with Crippen molar-refractivity contribution in [3.63, 3.8) is 0 Å². The molecule has 156 valence electrons. The predicted molar refractivity (Wildman–Crippen MR) is 118 cm³/mol. The number of hydrogen-bond donors (Lipinski definition) is 0. The number of carbonyl (C=O) groups is 1. The molecule has 1 aliphatic carbocycles. The van der Waals surface area contributed by atoms with Gasteiger partial charge in [-0.05, 0) is 54.7 Å². The van der Waals surface area contributed by atoms with Crippen LogP contribution in [0.3, 0.4) is 0 Å². The Morgan fingerprint density at radius 3 is 2.52 bits per heavy atom. The summed E-state index contributed by atoms with van der Waals surface area (Å²) < 4.78 is 12.4. The molecule has 2 aromatic carbocycles. The number of Topliss-reactive ketones (excluding diaryl/α,β-unsaturated/α-hetero) is 1. The van der Waals surface area contributed by atoms with E-state index in [-0.39, 0.29) is 11.7 Å². The van der Waals surface area contributed by atoms with Gasteiger partial charge in [0.25, 0.3) is 0 Å². The van der Waals surface area contributed by atoms with Gasteiger partial charge in [-0.2, -0.15) is 5.10 Å². The second kappa shape index (κ2) is 7.54. The Balaban J connectivity index is 1.59. The Labute approximate surface area is 180 Å². The summed E-state index contributed by atoms with van der Waals surface area (Å²) in [5.41, 5.74) is 6.19. The largest absolute Gasteiger partial charge is 0.497 e. The van der Waals surface area contributed by atoms with E-state index >= 15 is 0 Å². The molecule has 1 aliphatic rings. The summed E-state index contributed by atoms with van der Waals surface area (Å²) in [7, 11) is 3.31. The molecule has 0 saturated carbocycles. The van der Waals surface area contributed by atoms with Gasteiger partial charge in [0.2, 0.25) is 0 Å². The molecule has 4 aromatic rings. The lowest BCUT2D eigenvalue weighted by Gasteiger charge is -2.23. The average molecular weight is 413 g/mol. The van der Waals surface area contributed by atoms with Crippen LogP contribution in [0.25, 0.3) is 16.8 Å². The fourth-order valence-corrected chi connectivity index (χ4v) is 4.37. The molecule has 6 nitrogen and oxygen atoms in total. The molecule has 1 atom stereocenters. The number of hydrogen-bond acceptors (Lipinski definition) is 5. The van der Waals surface area contributed by atoms with Crippen LogP contribution in [0, 0.1) is 6.92 Å². The normalized spacial score (nSPS) is 15.7. The molecule has 0 radical (unpaired) electrons. The molecule has 0 spiro atoms. The molecular formula is C25H23N3O3. The molecular weight excluding hydrogens is 390 g/mol. The van der Waals surface area contributed by atoms with E-state index in [1.165, 1.54) is 0 Å². The monoisotopic (exact) mass is 413 g/mol. The van der Waals surface area contributed by atoms with Crippen LogP contribution in [-0.4, -0.2) is 34.6 Å². The van der Waals surface area contributed by atoms with Gasteiger partial charge in [0.1, 0.15) is 11.5 Å². The third kappa shape index (κ3) is 3.34. The van der Waals surface area contributed by atoms with Crippen LogP contribution >= 0.6 is 0 Å². The summed E-state index contributed by atoms with van der Waals surface area (Å²) in [5.74, 6) is 1.80. The molecule has 0 fully saturated rings. The average Bonchev–Trinajstić information content (AvgIpc) is 3.12. The number of methoxy groups -OCH3 is 2. The van der Waals surface area contributed by atoms with Crippen LogP contribution in [0.15, 0.2) is 54.7 Å². The van der Waals surface area contributed by atoms with Crippen molar-refractivity contribution in [2.45, 2.75) is 25.7 Å². The summed E-state index contributed by atoms with van der Waals surface area (Å²) in [6.45, 7) is 1.96. The maximum Gasteiger partial charge on any atom is 0.166 e. The smallest absolute Gasteiger partial charge is 0.166 e. The van der Waals surface area contributed by atoms with Gasteiger partial charge in [-0.15, -0.1) is 0 Å². The third-order valence-corrected chi connectivity index (χ3v) is 5.98. The van der Waals surface area contributed by atoms with Crippen molar-refractivity contribution in [1.29, 1.82) is 0 Å². The SMILES string of the molecule is COc1ccc(C2CC(=O)c3cn4nc(C)c(-c5cccc(OC)c5)c4nc3C2)cc1. The van der Waals surface area contributed by atoms with Crippen LogP contribution in [0.4, 0.5) is 0 Å². The van der Waals surface area contributed by atoms with E-state index in [9.17, 15) is 4.79 Å². The van der Waals surface area contributed by atoms with Crippen molar-refractivity contribution < 1.29 is 14.3 Å². The first-order chi connectivity index (χ1) is 15.1. The Hall–Kier alpha value is -3.67. The minimum absolute atomic E-state index is 0.102. The van der Waals surface area contributed by atoms with Gasteiger partial charge >= 0.3 is 0 Å². The number of ketones is 1. The van der Waals surface area contributed by atoms with Crippen LogP contribution in [0.1, 0.15) is 39.6 Å². The highest BCUT2D eigenvalue weighted by Gasteiger charge is 2.29. The van der Waals surface area contributed by atoms with Crippen LogP contribution in [-0.2, 0) is 6.42 Å². The van der Waals surface area contributed by atoms with Gasteiger partial charge in [-0.25, -0.2) is 9.50 Å². The zero-order valence-corrected chi connectivity index (χ0v) is 17.8. The fraction of sp³-hybridized carbons (Fsp3) is 0.240. The van der Waals surface area contributed by atoms with E-state index in [4.69, 9.17) is 14.5 Å². The second-order valence-corrected chi connectivity index (χ2v) is 7.86. The molecule has 5 rings (SSSR count). The van der Waals surface area contributed by atoms with Gasteiger partial charge < -0.3 is 9.47 Å². The molecule has 0 amide bonds. The van der Waals surface area contributed by atoms with Gasteiger partial charge in [-0.1, -0.05) is 24.3 Å². The molecule has 0 aliphatic heterocycles. The first-order valence-corrected chi connectivity index (χ1v) is 10.3. The Bertz CT molecular complexity index is 1290. The zero-order chi connectivity index (χ0) is 21.5. The maximum atomic E-state index is 13.0. The van der Waals surface area contributed by atoms with Crippen molar-refractivity contribution in [1.82, 2.24) is 14.6 Å². The topological polar surface area (TPSA) is 65.7 Å². The Morgan fingerprint density at radius 1 is 1.00 bits per heavy atom. The van der Waals surface area contributed by atoms with Crippen molar-refractivity contribution in [3.8, 4) is 22.6 Å². The van der Waals surface area contributed by atoms with E-state index in [1.54, 1.807) is 18.7 Å². The summed E-state index contributed by atoms with van der Waals surface area (Å²) >= 11 is 0. The van der Waals surface area contributed by atoms with Crippen molar-refractivity contribution >= 4 is 11.4 Å². The fourth-order valence-electron chi connectivity index (χ4n) is 4.37. The number of aryl methyl sites for hydroxylation is 1. The van der Waals surface area contributed by atoms with Gasteiger partial charge in [0.15, 0.2) is 11.4 Å². The highest BCUT2D eigenvalue weighted by molar-refractivity contribution is 5.99. The summed E-state index contributed by atoms with van der Waals surface area (Å²) in [4.78, 5) is 17.9. The van der Waals surface area contributed by atoms with E-state index < -0.39 is 0 Å². The number of carbonyl (C=O) groups excluding carboxylic acids is 1. The van der Waals surface area contributed by atoms with Crippen LogP contribution < -0.4 is 9.47 Å². The standard InChI is InChI=1S/C25H23N3O3/c1-15-24(17-5-4-6-20(11-17)31-3)25-26-22-12-18(16-7-9-19(30-2)10-8-16)13-23(29)21(22)14-28(25)27-15/h4-11,14,18H,12-13H2,1-3H3. The lowest BCUT2D eigenvalue weighted by molar-refractivity contribution is 0.0962. The number of fused-ring (bicyclic) bond motifs is 2. The zero-order valence-electron chi connectivity index (χ0n) is 17.8. The number of benzene rings is 2. The first-order valence-electron chi connectivity index (χ1n) is 10.3. The van der Waals surface area contributed by atoms with Crippen molar-refractivity contribution in [3.05, 3.63) is 77.2 Å². The first kappa shape index (κ1) is 19.3. The molecule has 6 heteroatoms. The highest BCUT2D eigenvalue weighted by Crippen LogP contribution is 2.35. The number of nitrogens with zero attached hydrogens (tertiary/aromatic N) is 3. The van der Waals surface area contributed by atoms with Crippen molar-refractivity contribution in [2.24, 2.45) is 0 Å². The molecule has 0 saturated heterocycles. The molecule has 0 bridgehead atoms. The number of aromatic nitrogens is 3. The Morgan fingerprint density at radius 2 is 1.77 bits per heavy atom. The second-order valence-electron chi connectivity index (χ2n) is 7.86. The van der Waals surface area contributed by atoms with E-state index in [0.29, 0.717) is 18.4 Å². The summed E-state index contributed by atoms with van der Waals surface area (Å²) in [5, 5.41) is 4.63. The van der Waals surface area contributed by atoms with Crippen LogP contribution in [0.5, 0.6) is 11.5 Å². The maximum absolute atomic E-state index is 13.0. The lowest BCUT2D eigenvalue weighted by atomic mass is 9.82. The van der Waals surface area contributed by atoms with Gasteiger partial charge in [0.05, 0.1) is 31.2 Å². The number of ether oxygens (including phenoxy) is 2. The minimum atomic E-state index is 0.102. The quantitative estimate of drug-likeness (QED) is 0.488.